The highest BCUT2D eigenvalue weighted by Gasteiger charge is 2.11. The highest BCUT2D eigenvalue weighted by Crippen LogP contribution is 2.23. The molecule has 0 aromatic heterocycles. The van der Waals surface area contributed by atoms with Crippen LogP contribution in [0, 0.1) is 11.3 Å². The summed E-state index contributed by atoms with van der Waals surface area (Å²) in [7, 11) is 1.80. The highest BCUT2D eigenvalue weighted by molar-refractivity contribution is 4.64. The molecule has 0 aromatic rings. The summed E-state index contributed by atoms with van der Waals surface area (Å²) in [6.45, 7) is 10.0. The van der Waals surface area contributed by atoms with E-state index in [-0.39, 0.29) is 0 Å². The van der Waals surface area contributed by atoms with Crippen LogP contribution in [0.15, 0.2) is 0 Å². The van der Waals surface area contributed by atoms with Crippen molar-refractivity contribution in [1.29, 1.82) is 0 Å². The summed E-state index contributed by atoms with van der Waals surface area (Å²) in [6, 6.07) is 0. The number of methoxy groups -OCH3 is 1. The second-order valence-corrected chi connectivity index (χ2v) is 6.27. The van der Waals surface area contributed by atoms with E-state index in [9.17, 15) is 0 Å². The number of ether oxygens (including phenoxy) is 1. The van der Waals surface area contributed by atoms with Gasteiger partial charge >= 0.3 is 0 Å². The fourth-order valence-electron chi connectivity index (χ4n) is 2.34. The summed E-state index contributed by atoms with van der Waals surface area (Å²) >= 11 is 0. The van der Waals surface area contributed by atoms with Crippen molar-refractivity contribution in [3.8, 4) is 0 Å². The van der Waals surface area contributed by atoms with Gasteiger partial charge in [0.2, 0.25) is 0 Å². The molecular weight excluding hydrogens is 196 g/mol. The van der Waals surface area contributed by atoms with Gasteiger partial charge in [0.25, 0.3) is 0 Å². The molecule has 0 atom stereocenters. The number of hydrogen-bond donors (Lipinski definition) is 0. The Bertz CT molecular complexity index is 137. The van der Waals surface area contributed by atoms with Gasteiger partial charge in [-0.3, -0.25) is 0 Å². The van der Waals surface area contributed by atoms with Crippen LogP contribution in [0.3, 0.4) is 0 Å². The van der Waals surface area contributed by atoms with Crippen LogP contribution in [0.2, 0.25) is 0 Å². The van der Waals surface area contributed by atoms with Gasteiger partial charge in [-0.25, -0.2) is 0 Å². The van der Waals surface area contributed by atoms with E-state index in [0.717, 1.165) is 12.5 Å². The first-order chi connectivity index (χ1) is 7.49. The Morgan fingerprint density at radius 2 is 1.62 bits per heavy atom. The molecule has 1 aliphatic carbocycles. The van der Waals surface area contributed by atoms with Crippen LogP contribution in [-0.4, -0.2) is 13.7 Å². The number of rotatable bonds is 3. The SMILES string of the molecule is CCCC(C)(C)C.COCC1CCCCC1. The predicted molar refractivity (Wildman–Crippen MR) is 72.8 cm³/mol. The molecule has 98 valence electrons. The smallest absolute Gasteiger partial charge is 0.0490 e. The van der Waals surface area contributed by atoms with Gasteiger partial charge in [-0.15, -0.1) is 0 Å². The zero-order valence-electron chi connectivity index (χ0n) is 12.1. The minimum absolute atomic E-state index is 0.550. The van der Waals surface area contributed by atoms with E-state index in [4.69, 9.17) is 4.74 Å². The van der Waals surface area contributed by atoms with Gasteiger partial charge in [0.15, 0.2) is 0 Å². The third kappa shape index (κ3) is 10.5. The Morgan fingerprint density at radius 1 is 1.06 bits per heavy atom. The first-order valence-corrected chi connectivity index (χ1v) is 6.98. The molecule has 1 nitrogen and oxygen atoms in total. The Morgan fingerprint density at radius 3 is 1.94 bits per heavy atom. The molecule has 0 saturated heterocycles. The van der Waals surface area contributed by atoms with Crippen LogP contribution in [0.5, 0.6) is 0 Å². The molecular formula is C15H32O. The largest absolute Gasteiger partial charge is 0.384 e. The molecule has 0 aliphatic heterocycles. The Kier molecular flexibility index (Phi) is 9.02. The van der Waals surface area contributed by atoms with Crippen LogP contribution in [0.25, 0.3) is 0 Å². The summed E-state index contributed by atoms with van der Waals surface area (Å²) in [5, 5.41) is 0. The lowest BCUT2D eigenvalue weighted by Gasteiger charge is -2.19. The molecule has 0 unspecified atom stereocenters. The Labute approximate surface area is 103 Å². The van der Waals surface area contributed by atoms with E-state index in [1.54, 1.807) is 7.11 Å². The monoisotopic (exact) mass is 228 g/mol. The first kappa shape index (κ1) is 16.0. The fraction of sp³-hybridized carbons (Fsp3) is 1.00. The van der Waals surface area contributed by atoms with Gasteiger partial charge < -0.3 is 4.74 Å². The molecule has 0 spiro atoms. The van der Waals surface area contributed by atoms with Crippen LogP contribution in [-0.2, 0) is 4.74 Å². The van der Waals surface area contributed by atoms with E-state index >= 15 is 0 Å². The van der Waals surface area contributed by atoms with Gasteiger partial charge in [-0.2, -0.15) is 0 Å². The molecule has 1 fully saturated rings. The maximum absolute atomic E-state index is 5.08. The predicted octanol–water partition coefficient (Wildman–Crippen LogP) is 5.05. The van der Waals surface area contributed by atoms with Crippen molar-refractivity contribution in [1.82, 2.24) is 0 Å². The summed E-state index contributed by atoms with van der Waals surface area (Å²) in [5.41, 5.74) is 0.550. The molecule has 1 heteroatoms. The number of hydrogen-bond acceptors (Lipinski definition) is 1. The van der Waals surface area contributed by atoms with Gasteiger partial charge in [0.1, 0.15) is 0 Å². The van der Waals surface area contributed by atoms with E-state index < -0.39 is 0 Å². The Hall–Kier alpha value is -0.0400. The summed E-state index contributed by atoms with van der Waals surface area (Å²) < 4.78 is 5.08. The maximum Gasteiger partial charge on any atom is 0.0490 e. The Balaban J connectivity index is 0.000000293. The maximum atomic E-state index is 5.08. The van der Waals surface area contributed by atoms with E-state index in [2.05, 4.69) is 27.7 Å². The van der Waals surface area contributed by atoms with Gasteiger partial charge in [0.05, 0.1) is 0 Å². The molecule has 0 bridgehead atoms. The van der Waals surface area contributed by atoms with Crippen molar-refractivity contribution < 1.29 is 4.74 Å². The topological polar surface area (TPSA) is 9.23 Å². The lowest BCUT2D eigenvalue weighted by atomic mass is 9.90. The first-order valence-electron chi connectivity index (χ1n) is 6.98. The molecule has 0 amide bonds. The lowest BCUT2D eigenvalue weighted by molar-refractivity contribution is 0.131. The van der Waals surface area contributed by atoms with E-state index in [0.29, 0.717) is 5.41 Å². The average molecular weight is 228 g/mol. The quantitative estimate of drug-likeness (QED) is 0.657. The van der Waals surface area contributed by atoms with Crippen molar-refractivity contribution in [3.63, 3.8) is 0 Å². The van der Waals surface area contributed by atoms with E-state index in [1.807, 2.05) is 0 Å². The summed E-state index contributed by atoms with van der Waals surface area (Å²) in [5.74, 6) is 0.878. The van der Waals surface area contributed by atoms with Gasteiger partial charge in [-0.05, 0) is 30.6 Å². The van der Waals surface area contributed by atoms with Crippen LogP contribution in [0.4, 0.5) is 0 Å². The third-order valence-electron chi connectivity index (χ3n) is 3.13. The van der Waals surface area contributed by atoms with Gasteiger partial charge in [0, 0.05) is 13.7 Å². The molecule has 0 radical (unpaired) electrons. The van der Waals surface area contributed by atoms with Crippen LogP contribution < -0.4 is 0 Å². The molecule has 16 heavy (non-hydrogen) atoms. The van der Waals surface area contributed by atoms with Crippen molar-refractivity contribution in [2.75, 3.05) is 13.7 Å². The second kappa shape index (κ2) is 9.04. The lowest BCUT2D eigenvalue weighted by Crippen LogP contribution is -2.11. The minimum Gasteiger partial charge on any atom is -0.384 e. The van der Waals surface area contributed by atoms with Crippen molar-refractivity contribution in [3.05, 3.63) is 0 Å². The molecule has 1 saturated carbocycles. The van der Waals surface area contributed by atoms with Crippen LogP contribution in [0.1, 0.15) is 72.6 Å². The second-order valence-electron chi connectivity index (χ2n) is 6.27. The standard InChI is InChI=1S/C8H16O.C7H16/c1-9-7-8-5-3-2-4-6-8;1-5-6-7(2,3)4/h8H,2-7H2,1H3;5-6H2,1-4H3. The molecule has 0 aromatic carbocycles. The molecule has 0 heterocycles. The zero-order chi connectivity index (χ0) is 12.4. The highest BCUT2D eigenvalue weighted by atomic mass is 16.5. The summed E-state index contributed by atoms with van der Waals surface area (Å²) in [4.78, 5) is 0. The summed E-state index contributed by atoms with van der Waals surface area (Å²) in [6.07, 6.45) is 9.74. The van der Waals surface area contributed by atoms with Crippen LogP contribution >= 0.6 is 0 Å². The van der Waals surface area contributed by atoms with Crippen molar-refractivity contribution >= 4 is 0 Å². The zero-order valence-corrected chi connectivity index (χ0v) is 12.1. The minimum atomic E-state index is 0.550. The van der Waals surface area contributed by atoms with Crippen molar-refractivity contribution in [2.45, 2.75) is 72.6 Å². The third-order valence-corrected chi connectivity index (χ3v) is 3.13. The van der Waals surface area contributed by atoms with Crippen molar-refractivity contribution in [2.24, 2.45) is 11.3 Å². The average Bonchev–Trinajstić information content (AvgIpc) is 2.19. The molecule has 0 N–H and O–H groups in total. The fourth-order valence-corrected chi connectivity index (χ4v) is 2.34. The van der Waals surface area contributed by atoms with E-state index in [1.165, 1.54) is 44.9 Å². The normalized spacial score (nSPS) is 17.8. The molecule has 1 rings (SSSR count). The molecule has 1 aliphatic rings. The van der Waals surface area contributed by atoms with Gasteiger partial charge in [-0.1, -0.05) is 53.4 Å².